The van der Waals surface area contributed by atoms with Crippen LogP contribution in [0.1, 0.15) is 63.5 Å². The van der Waals surface area contributed by atoms with E-state index in [-0.39, 0.29) is 12.1 Å². The number of benzene rings is 1. The van der Waals surface area contributed by atoms with E-state index in [1.54, 1.807) is 12.0 Å². The number of likely N-dealkylation sites (tertiary alicyclic amines) is 1. The molecule has 172 valence electrons. The van der Waals surface area contributed by atoms with Crippen LogP contribution < -0.4 is 10.1 Å². The lowest BCUT2D eigenvalue weighted by atomic mass is 10.0. The number of hydrogen-bond acceptors (Lipinski definition) is 6. The zero-order valence-corrected chi connectivity index (χ0v) is 19.8. The number of nitrogens with zero attached hydrogens (tertiary/aromatic N) is 3. The number of aromatic nitrogens is 2. The van der Waals surface area contributed by atoms with Crippen LogP contribution in [0.25, 0.3) is 11.3 Å². The minimum atomic E-state index is -0.492. The highest BCUT2D eigenvalue weighted by atomic mass is 16.6. The Morgan fingerprint density at radius 1 is 1.16 bits per heavy atom. The van der Waals surface area contributed by atoms with E-state index in [0.29, 0.717) is 19.0 Å². The van der Waals surface area contributed by atoms with Gasteiger partial charge in [-0.05, 0) is 88.6 Å². The zero-order chi connectivity index (χ0) is 22.9. The quantitative estimate of drug-likeness (QED) is 0.696. The number of carbonyl (C=O) groups is 1. The summed E-state index contributed by atoms with van der Waals surface area (Å²) in [7, 11) is 1.70. The van der Waals surface area contributed by atoms with Gasteiger partial charge < -0.3 is 19.7 Å². The zero-order valence-electron chi connectivity index (χ0n) is 19.8. The first-order valence-corrected chi connectivity index (χ1v) is 11.5. The van der Waals surface area contributed by atoms with Crippen molar-refractivity contribution < 1.29 is 14.3 Å². The molecule has 2 aromatic rings. The molecule has 0 unspecified atom stereocenters. The summed E-state index contributed by atoms with van der Waals surface area (Å²) in [5.74, 6) is 2.23. The fraction of sp³-hybridized carbons (Fsp3) is 0.560. The summed E-state index contributed by atoms with van der Waals surface area (Å²) in [6.07, 6.45) is 4.15. The molecule has 0 spiro atoms. The molecule has 0 radical (unpaired) electrons. The van der Waals surface area contributed by atoms with Crippen LogP contribution in [0.2, 0.25) is 0 Å². The van der Waals surface area contributed by atoms with Crippen LogP contribution in [0.5, 0.6) is 5.75 Å². The van der Waals surface area contributed by atoms with E-state index in [2.05, 4.69) is 33.7 Å². The highest BCUT2D eigenvalue weighted by Gasteiger charge is 2.28. The Morgan fingerprint density at radius 2 is 1.94 bits per heavy atom. The highest BCUT2D eigenvalue weighted by Crippen LogP contribution is 2.43. The average molecular weight is 439 g/mol. The van der Waals surface area contributed by atoms with Gasteiger partial charge in [-0.2, -0.15) is 0 Å². The number of aryl methyl sites for hydroxylation is 1. The Labute approximate surface area is 190 Å². The second kappa shape index (κ2) is 8.96. The Hall–Kier alpha value is -2.83. The lowest BCUT2D eigenvalue weighted by Crippen LogP contribution is -2.47. The molecule has 1 amide bonds. The summed E-state index contributed by atoms with van der Waals surface area (Å²) in [4.78, 5) is 14.2. The van der Waals surface area contributed by atoms with Gasteiger partial charge >= 0.3 is 6.09 Å². The van der Waals surface area contributed by atoms with Gasteiger partial charge in [0.25, 0.3) is 0 Å². The largest absolute Gasteiger partial charge is 0.496 e. The van der Waals surface area contributed by atoms with Gasteiger partial charge in [0.1, 0.15) is 17.2 Å². The van der Waals surface area contributed by atoms with Crippen LogP contribution in [0, 0.1) is 6.92 Å². The van der Waals surface area contributed by atoms with Crippen LogP contribution >= 0.6 is 0 Å². The third-order valence-corrected chi connectivity index (χ3v) is 5.94. The second-order valence-electron chi connectivity index (χ2n) is 9.91. The van der Waals surface area contributed by atoms with Gasteiger partial charge in [0.05, 0.1) is 12.8 Å². The van der Waals surface area contributed by atoms with Crippen molar-refractivity contribution in [2.75, 3.05) is 25.5 Å². The van der Waals surface area contributed by atoms with Gasteiger partial charge in [-0.15, -0.1) is 10.2 Å². The summed E-state index contributed by atoms with van der Waals surface area (Å²) in [6, 6.07) is 8.53. The Kier molecular flexibility index (Phi) is 6.26. The van der Waals surface area contributed by atoms with Crippen molar-refractivity contribution >= 4 is 11.9 Å². The molecular weight excluding hydrogens is 404 g/mol. The van der Waals surface area contributed by atoms with Crippen molar-refractivity contribution in [1.29, 1.82) is 0 Å². The highest BCUT2D eigenvalue weighted by molar-refractivity contribution is 5.71. The maximum absolute atomic E-state index is 12.4. The number of nitrogens with one attached hydrogen (secondary N) is 1. The van der Waals surface area contributed by atoms with E-state index in [0.717, 1.165) is 41.2 Å². The summed E-state index contributed by atoms with van der Waals surface area (Å²) >= 11 is 0. The predicted molar refractivity (Wildman–Crippen MR) is 125 cm³/mol. The fourth-order valence-electron chi connectivity index (χ4n) is 4.19. The van der Waals surface area contributed by atoms with Crippen molar-refractivity contribution in [3.63, 3.8) is 0 Å². The number of methoxy groups -OCH3 is 1. The number of anilines is 1. The van der Waals surface area contributed by atoms with E-state index in [9.17, 15) is 4.79 Å². The van der Waals surface area contributed by atoms with Gasteiger partial charge in [-0.25, -0.2) is 4.79 Å². The molecule has 1 aromatic heterocycles. The summed E-state index contributed by atoms with van der Waals surface area (Å²) in [5.41, 5.74) is 3.66. The molecule has 2 aliphatic rings. The third-order valence-electron chi connectivity index (χ3n) is 5.94. The van der Waals surface area contributed by atoms with Crippen LogP contribution in [-0.2, 0) is 4.74 Å². The van der Waals surface area contributed by atoms with Gasteiger partial charge in [0.2, 0.25) is 0 Å². The maximum atomic E-state index is 12.4. The fourth-order valence-corrected chi connectivity index (χ4v) is 4.19. The molecule has 2 heterocycles. The standard InChI is InChI=1S/C25H34N4O3/c1-16-13-22(26-19-7-6-12-29(15-19)24(30)32-25(2,3)4)27-28-23(16)20-11-10-18(17-8-9-17)14-21(20)31-5/h10-11,13-14,17,19H,6-9,12,15H2,1-5H3,(H,26,27)/t19-/m1/s1. The van der Waals surface area contributed by atoms with Crippen LogP contribution in [0.4, 0.5) is 10.6 Å². The van der Waals surface area contributed by atoms with Crippen LogP contribution in [0.15, 0.2) is 24.3 Å². The minimum absolute atomic E-state index is 0.114. The van der Waals surface area contributed by atoms with E-state index in [1.165, 1.54) is 18.4 Å². The number of hydrogen-bond donors (Lipinski definition) is 1. The van der Waals surface area contributed by atoms with E-state index < -0.39 is 5.60 Å². The SMILES string of the molecule is COc1cc(C2CC2)ccc1-c1nnc(N[C@@H]2CCCN(C(=O)OC(C)(C)C)C2)cc1C. The normalized spacial score (nSPS) is 18.9. The van der Waals surface area contributed by atoms with Crippen LogP contribution in [0.3, 0.4) is 0 Å². The first-order chi connectivity index (χ1) is 15.2. The number of amides is 1. The Balaban J connectivity index is 1.45. The Bertz CT molecular complexity index is 982. The molecule has 1 aliphatic carbocycles. The first-order valence-electron chi connectivity index (χ1n) is 11.5. The molecule has 0 bridgehead atoms. The monoisotopic (exact) mass is 438 g/mol. The molecule has 4 rings (SSSR count). The van der Waals surface area contributed by atoms with Gasteiger partial charge in [-0.1, -0.05) is 6.07 Å². The molecule has 32 heavy (non-hydrogen) atoms. The molecule has 7 heteroatoms. The summed E-state index contributed by atoms with van der Waals surface area (Å²) in [5, 5.41) is 12.4. The van der Waals surface area contributed by atoms with E-state index >= 15 is 0 Å². The first kappa shape index (κ1) is 22.4. The molecular formula is C25H34N4O3. The van der Waals surface area contributed by atoms with E-state index in [1.807, 2.05) is 33.8 Å². The van der Waals surface area contributed by atoms with Crippen molar-refractivity contribution in [2.24, 2.45) is 0 Å². The topological polar surface area (TPSA) is 76.6 Å². The summed E-state index contributed by atoms with van der Waals surface area (Å²) < 4.78 is 11.2. The van der Waals surface area contributed by atoms with Gasteiger partial charge in [0, 0.05) is 24.7 Å². The molecule has 2 fully saturated rings. The van der Waals surface area contributed by atoms with Crippen LogP contribution in [-0.4, -0.2) is 53.0 Å². The van der Waals surface area contributed by atoms with Crippen molar-refractivity contribution in [3.05, 3.63) is 35.4 Å². The van der Waals surface area contributed by atoms with Crippen molar-refractivity contribution in [2.45, 2.75) is 70.9 Å². The number of carbonyl (C=O) groups excluding carboxylic acids is 1. The predicted octanol–water partition coefficient (Wildman–Crippen LogP) is 5.15. The number of rotatable bonds is 5. The smallest absolute Gasteiger partial charge is 0.410 e. The average Bonchev–Trinajstić information content (AvgIpc) is 3.58. The molecule has 1 saturated heterocycles. The number of ether oxygens (including phenoxy) is 2. The minimum Gasteiger partial charge on any atom is -0.496 e. The maximum Gasteiger partial charge on any atom is 0.410 e. The molecule has 1 aliphatic heterocycles. The second-order valence-corrected chi connectivity index (χ2v) is 9.91. The molecule has 1 saturated carbocycles. The lowest BCUT2D eigenvalue weighted by molar-refractivity contribution is 0.0206. The van der Waals surface area contributed by atoms with Gasteiger partial charge in [0.15, 0.2) is 0 Å². The third kappa shape index (κ3) is 5.31. The van der Waals surface area contributed by atoms with Crippen molar-refractivity contribution in [3.8, 4) is 17.0 Å². The molecule has 7 nitrogen and oxygen atoms in total. The van der Waals surface area contributed by atoms with E-state index in [4.69, 9.17) is 9.47 Å². The van der Waals surface area contributed by atoms with Gasteiger partial charge in [-0.3, -0.25) is 0 Å². The summed E-state index contributed by atoms with van der Waals surface area (Å²) in [6.45, 7) is 9.01. The molecule has 1 N–H and O–H groups in total. The number of piperidine rings is 1. The lowest BCUT2D eigenvalue weighted by Gasteiger charge is -2.34. The van der Waals surface area contributed by atoms with Crippen molar-refractivity contribution in [1.82, 2.24) is 15.1 Å². The Morgan fingerprint density at radius 3 is 2.59 bits per heavy atom. The molecule has 1 aromatic carbocycles. The molecule has 1 atom stereocenters.